The molecule has 5 nitrogen and oxygen atoms in total. The number of carbonyl (C=O) groups excluding carboxylic acids is 2. The number of alkyl halides is 5. The van der Waals surface area contributed by atoms with Crippen LogP contribution < -0.4 is 31.8 Å². The molecule has 2 aliphatic carbocycles. The number of hydrogen-bond donors (Lipinski definition) is 2. The molecule has 1 aromatic carbocycles. The Bertz CT molecular complexity index is 1190. The summed E-state index contributed by atoms with van der Waals surface area (Å²) in [6.07, 6.45) is 8.05. The van der Waals surface area contributed by atoms with Gasteiger partial charge in [-0.2, -0.15) is 13.2 Å². The molecule has 0 bridgehead atoms. The summed E-state index contributed by atoms with van der Waals surface area (Å²) in [5, 5.41) is 6.68. The fourth-order valence-corrected chi connectivity index (χ4v) is 8.45. The van der Waals surface area contributed by atoms with Gasteiger partial charge < -0.3 is 0 Å². The third-order valence-electron chi connectivity index (χ3n) is 8.78. The van der Waals surface area contributed by atoms with Crippen LogP contribution in [0.25, 0.3) is 0 Å². The SMILES string of the molecule is O=C(NC1CCN(C(F)(F)F)CC1)C1=C\CCCCC2CCCCCC\C2=C\1NC(=O)c1c(Cl)cccc1C1C[I-]1. The molecule has 2 unspecified atom stereocenters. The fourth-order valence-electron chi connectivity index (χ4n) is 6.46. The summed E-state index contributed by atoms with van der Waals surface area (Å²) >= 11 is 6.66. The molecule has 5 rings (SSSR count). The van der Waals surface area contributed by atoms with Crippen molar-refractivity contribution < 1.29 is 44.0 Å². The monoisotopic (exact) mass is 704 g/mol. The van der Waals surface area contributed by atoms with E-state index >= 15 is 0 Å². The molecule has 2 atom stereocenters. The van der Waals surface area contributed by atoms with E-state index < -0.39 is 6.30 Å². The van der Waals surface area contributed by atoms with Crippen molar-refractivity contribution in [3.05, 3.63) is 57.3 Å². The van der Waals surface area contributed by atoms with Crippen LogP contribution in [0, 0.1) is 5.92 Å². The Morgan fingerprint density at radius 3 is 2.37 bits per heavy atom. The minimum absolute atomic E-state index is 0.0468. The number of rotatable bonds is 5. The van der Waals surface area contributed by atoms with Gasteiger partial charge in [-0.3, -0.25) is 0 Å². The second kappa shape index (κ2) is 13.8. The minimum atomic E-state index is -4.36. The molecule has 41 heavy (non-hydrogen) atoms. The maximum atomic E-state index is 14.0. The molecule has 2 aliphatic heterocycles. The normalized spacial score (nSPS) is 28.2. The van der Waals surface area contributed by atoms with Crippen LogP contribution in [0.2, 0.25) is 5.02 Å². The van der Waals surface area contributed by atoms with E-state index in [1.807, 2.05) is 18.2 Å². The quantitative estimate of drug-likeness (QED) is 0.277. The summed E-state index contributed by atoms with van der Waals surface area (Å²) in [7, 11) is 0. The maximum absolute atomic E-state index is 14.0. The van der Waals surface area contributed by atoms with Crippen LogP contribution in [0.1, 0.15) is 96.9 Å². The zero-order valence-corrected chi connectivity index (χ0v) is 26.2. The first-order valence-corrected chi connectivity index (χ1v) is 18.1. The van der Waals surface area contributed by atoms with Crippen molar-refractivity contribution in [2.75, 3.05) is 17.5 Å². The van der Waals surface area contributed by atoms with Gasteiger partial charge in [0, 0.05) is 0 Å². The summed E-state index contributed by atoms with van der Waals surface area (Å²) < 4.78 is 41.1. The molecule has 0 radical (unpaired) electrons. The third-order valence-corrected chi connectivity index (χ3v) is 11.5. The van der Waals surface area contributed by atoms with Crippen LogP contribution in [-0.2, 0) is 4.79 Å². The van der Waals surface area contributed by atoms with Crippen molar-refractivity contribution in [2.45, 2.75) is 93.3 Å². The second-order valence-corrected chi connectivity index (χ2v) is 15.3. The van der Waals surface area contributed by atoms with Crippen molar-refractivity contribution in [2.24, 2.45) is 5.92 Å². The van der Waals surface area contributed by atoms with Crippen molar-refractivity contribution in [3.63, 3.8) is 0 Å². The van der Waals surface area contributed by atoms with E-state index in [1.165, 1.54) is 6.42 Å². The van der Waals surface area contributed by atoms with Crippen LogP contribution in [0.4, 0.5) is 13.2 Å². The molecule has 2 saturated heterocycles. The summed E-state index contributed by atoms with van der Waals surface area (Å²) in [6.45, 7) is -0.279. The molecule has 1 saturated carbocycles. The average Bonchev–Trinajstić information content (AvgIpc) is 3.75. The zero-order chi connectivity index (χ0) is 29.0. The molecular formula is C31H39ClF3IN3O2-. The van der Waals surface area contributed by atoms with Gasteiger partial charge in [0.2, 0.25) is 0 Å². The van der Waals surface area contributed by atoms with E-state index in [1.54, 1.807) is 6.07 Å². The molecule has 2 amide bonds. The van der Waals surface area contributed by atoms with Gasteiger partial charge in [-0.05, 0) is 0 Å². The van der Waals surface area contributed by atoms with E-state index in [0.29, 0.717) is 37.1 Å². The standard InChI is InChI=1S/C31H39ClF3IN3O2/c32-25-14-8-13-23(26-19-36-26)27(25)30(41)38-28-22-11-6-2-1-4-9-20(22)10-5-3-7-12-24(28)29(40)37-21-15-17-39(18-16-21)31(33,34)35/h8,12-14,20-21,26H,1-7,9-11,15-19H2,(H,37,40)(H,38,41)/q-1/b24-12-,28-22+. The third kappa shape index (κ3) is 7.88. The number of hydrogen-bond acceptors (Lipinski definition) is 3. The number of nitrogens with one attached hydrogen (secondary N) is 2. The van der Waals surface area contributed by atoms with Crippen LogP contribution in [0.15, 0.2) is 41.1 Å². The number of likely N-dealkylation sites (tertiary alicyclic amines) is 1. The number of benzene rings is 1. The van der Waals surface area contributed by atoms with E-state index in [9.17, 15) is 22.8 Å². The fraction of sp³-hybridized carbons (Fsp3) is 0.613. The van der Waals surface area contributed by atoms with Gasteiger partial charge >= 0.3 is 239 Å². The average molecular weight is 705 g/mol. The van der Waals surface area contributed by atoms with Crippen molar-refractivity contribution in [1.82, 2.24) is 15.5 Å². The van der Waals surface area contributed by atoms with E-state index in [4.69, 9.17) is 11.6 Å². The summed E-state index contributed by atoms with van der Waals surface area (Å²) in [6, 6.07) is 5.29. The number of piperidine rings is 1. The number of halogens is 5. The second-order valence-electron chi connectivity index (χ2n) is 11.6. The molecule has 226 valence electrons. The first kappa shape index (κ1) is 30.9. The summed E-state index contributed by atoms with van der Waals surface area (Å²) in [5.74, 6) is -0.301. The predicted octanol–water partition coefficient (Wildman–Crippen LogP) is 4.04. The Labute approximate surface area is 256 Å². The molecule has 4 aliphatic rings. The Balaban J connectivity index is 1.46. The Morgan fingerprint density at radius 2 is 1.66 bits per heavy atom. The molecule has 1 aromatic rings. The number of allylic oxidation sites excluding steroid dienone is 2. The molecule has 2 heterocycles. The molecule has 0 spiro atoms. The van der Waals surface area contributed by atoms with Gasteiger partial charge in [-0.15, -0.1) is 0 Å². The van der Waals surface area contributed by atoms with Gasteiger partial charge in [-0.1, -0.05) is 0 Å². The van der Waals surface area contributed by atoms with E-state index in [-0.39, 0.29) is 70.9 Å². The van der Waals surface area contributed by atoms with Crippen LogP contribution in [0.5, 0.6) is 0 Å². The van der Waals surface area contributed by atoms with Crippen LogP contribution in [-0.4, -0.2) is 46.6 Å². The number of nitrogens with zero attached hydrogens (tertiary/aromatic N) is 1. The van der Waals surface area contributed by atoms with E-state index in [2.05, 4.69) is 10.6 Å². The summed E-state index contributed by atoms with van der Waals surface area (Å²) in [4.78, 5) is 28.4. The molecule has 2 N–H and O–H groups in total. The van der Waals surface area contributed by atoms with Crippen molar-refractivity contribution in [1.29, 1.82) is 0 Å². The topological polar surface area (TPSA) is 61.4 Å². The van der Waals surface area contributed by atoms with Gasteiger partial charge in [-0.25, -0.2) is 4.90 Å². The van der Waals surface area contributed by atoms with Gasteiger partial charge in [0.05, 0.1) is 0 Å². The number of carbonyl (C=O) groups is 2. The van der Waals surface area contributed by atoms with Gasteiger partial charge in [0.15, 0.2) is 0 Å². The molecule has 10 heteroatoms. The van der Waals surface area contributed by atoms with E-state index in [0.717, 1.165) is 66.9 Å². The van der Waals surface area contributed by atoms with Gasteiger partial charge in [0.25, 0.3) is 0 Å². The number of amides is 2. The molecule has 0 aromatic heterocycles. The molecular weight excluding hydrogens is 666 g/mol. The van der Waals surface area contributed by atoms with Gasteiger partial charge in [0.1, 0.15) is 0 Å². The first-order chi connectivity index (χ1) is 19.7. The number of fused-ring (bicyclic) bond motifs is 1. The predicted molar refractivity (Wildman–Crippen MR) is 150 cm³/mol. The Morgan fingerprint density at radius 1 is 0.951 bits per heavy atom. The summed E-state index contributed by atoms with van der Waals surface area (Å²) in [5.41, 5.74) is 3.70. The Hall–Kier alpha value is -1.59. The Kier molecular flexibility index (Phi) is 10.4. The van der Waals surface area contributed by atoms with Crippen molar-refractivity contribution >= 4 is 23.4 Å². The zero-order valence-electron chi connectivity index (χ0n) is 23.3. The van der Waals surface area contributed by atoms with Crippen LogP contribution >= 0.6 is 11.6 Å². The van der Waals surface area contributed by atoms with Crippen molar-refractivity contribution in [3.8, 4) is 0 Å². The first-order valence-electron chi connectivity index (χ1n) is 15.0. The molecule has 3 fully saturated rings. The van der Waals surface area contributed by atoms with Crippen LogP contribution in [0.3, 0.4) is 0 Å².